The standard InChI is InChI=1S/C10H11FO2/c1-6-3-4-8(7(2)11)5-9(6)10(12)13/h3-5,7H,1-2H3,(H,12,13). The Morgan fingerprint density at radius 1 is 1.54 bits per heavy atom. The van der Waals surface area contributed by atoms with E-state index in [9.17, 15) is 9.18 Å². The summed E-state index contributed by atoms with van der Waals surface area (Å²) in [6, 6.07) is 4.60. The third-order valence-corrected chi connectivity index (χ3v) is 1.95. The van der Waals surface area contributed by atoms with Crippen LogP contribution in [-0.2, 0) is 0 Å². The molecule has 0 heterocycles. The van der Waals surface area contributed by atoms with E-state index >= 15 is 0 Å². The topological polar surface area (TPSA) is 37.3 Å². The Labute approximate surface area is 76.0 Å². The van der Waals surface area contributed by atoms with Crippen LogP contribution in [-0.4, -0.2) is 11.1 Å². The smallest absolute Gasteiger partial charge is 0.335 e. The van der Waals surface area contributed by atoms with Crippen LogP contribution < -0.4 is 0 Å². The molecule has 13 heavy (non-hydrogen) atoms. The van der Waals surface area contributed by atoms with Crippen LogP contribution in [0.5, 0.6) is 0 Å². The van der Waals surface area contributed by atoms with Crippen LogP contribution in [0.4, 0.5) is 4.39 Å². The molecule has 0 amide bonds. The maximum absolute atomic E-state index is 12.8. The third kappa shape index (κ3) is 2.05. The molecule has 0 radical (unpaired) electrons. The zero-order chi connectivity index (χ0) is 10.0. The predicted octanol–water partition coefficient (Wildman–Crippen LogP) is 2.72. The van der Waals surface area contributed by atoms with E-state index in [1.54, 1.807) is 19.1 Å². The Morgan fingerprint density at radius 2 is 2.15 bits per heavy atom. The summed E-state index contributed by atoms with van der Waals surface area (Å²) in [7, 11) is 0. The summed E-state index contributed by atoms with van der Waals surface area (Å²) in [5, 5.41) is 8.75. The fourth-order valence-electron chi connectivity index (χ4n) is 1.12. The second-order valence-corrected chi connectivity index (χ2v) is 3.00. The van der Waals surface area contributed by atoms with Gasteiger partial charge in [0.15, 0.2) is 0 Å². The monoisotopic (exact) mass is 182 g/mol. The normalized spacial score (nSPS) is 12.5. The third-order valence-electron chi connectivity index (χ3n) is 1.95. The Morgan fingerprint density at radius 3 is 2.62 bits per heavy atom. The quantitative estimate of drug-likeness (QED) is 0.763. The van der Waals surface area contributed by atoms with E-state index in [-0.39, 0.29) is 5.56 Å². The molecule has 1 rings (SSSR count). The van der Waals surface area contributed by atoms with E-state index in [0.29, 0.717) is 11.1 Å². The van der Waals surface area contributed by atoms with Gasteiger partial charge in [-0.05, 0) is 31.0 Å². The number of halogens is 1. The predicted molar refractivity (Wildman–Crippen MR) is 47.7 cm³/mol. The van der Waals surface area contributed by atoms with Gasteiger partial charge in [-0.25, -0.2) is 9.18 Å². The van der Waals surface area contributed by atoms with Gasteiger partial charge in [-0.3, -0.25) is 0 Å². The fraction of sp³-hybridized carbons (Fsp3) is 0.300. The van der Waals surface area contributed by atoms with Crippen molar-refractivity contribution in [3.8, 4) is 0 Å². The SMILES string of the molecule is Cc1ccc(C(C)F)cc1C(=O)O. The molecule has 0 aliphatic heterocycles. The molecule has 0 fully saturated rings. The van der Waals surface area contributed by atoms with Gasteiger partial charge in [-0.2, -0.15) is 0 Å². The Kier molecular flexibility index (Phi) is 2.66. The van der Waals surface area contributed by atoms with Gasteiger partial charge in [0.05, 0.1) is 5.56 Å². The van der Waals surface area contributed by atoms with Crippen molar-refractivity contribution in [3.05, 3.63) is 34.9 Å². The van der Waals surface area contributed by atoms with E-state index in [2.05, 4.69) is 0 Å². The highest BCUT2D eigenvalue weighted by Gasteiger charge is 2.10. The first kappa shape index (κ1) is 9.71. The van der Waals surface area contributed by atoms with Crippen molar-refractivity contribution < 1.29 is 14.3 Å². The summed E-state index contributed by atoms with van der Waals surface area (Å²) in [6.07, 6.45) is -1.13. The maximum atomic E-state index is 12.8. The number of hydrogen-bond donors (Lipinski definition) is 1. The molecular formula is C10H11FO2. The minimum absolute atomic E-state index is 0.169. The molecule has 0 aromatic heterocycles. The lowest BCUT2D eigenvalue weighted by molar-refractivity contribution is 0.0696. The zero-order valence-electron chi connectivity index (χ0n) is 7.54. The van der Waals surface area contributed by atoms with Gasteiger partial charge in [0.25, 0.3) is 0 Å². The number of aromatic carboxylic acids is 1. The van der Waals surface area contributed by atoms with E-state index < -0.39 is 12.1 Å². The lowest BCUT2D eigenvalue weighted by Gasteiger charge is -2.05. The molecule has 0 spiro atoms. The van der Waals surface area contributed by atoms with Gasteiger partial charge in [0.1, 0.15) is 6.17 Å². The van der Waals surface area contributed by atoms with Crippen LogP contribution in [0.3, 0.4) is 0 Å². The highest BCUT2D eigenvalue weighted by atomic mass is 19.1. The van der Waals surface area contributed by atoms with Crippen LogP contribution in [0.15, 0.2) is 18.2 Å². The van der Waals surface area contributed by atoms with Gasteiger partial charge in [-0.1, -0.05) is 12.1 Å². The average Bonchev–Trinajstić information content (AvgIpc) is 2.04. The molecule has 0 saturated heterocycles. The van der Waals surface area contributed by atoms with Gasteiger partial charge < -0.3 is 5.11 Å². The first-order valence-corrected chi connectivity index (χ1v) is 4.00. The number of alkyl halides is 1. The minimum Gasteiger partial charge on any atom is -0.478 e. The summed E-state index contributed by atoms with van der Waals surface area (Å²) in [4.78, 5) is 10.7. The van der Waals surface area contributed by atoms with Crippen LogP contribution in [0, 0.1) is 6.92 Å². The lowest BCUT2D eigenvalue weighted by atomic mass is 10.0. The molecule has 0 saturated carbocycles. The first-order valence-electron chi connectivity index (χ1n) is 4.00. The average molecular weight is 182 g/mol. The van der Waals surface area contributed by atoms with Crippen LogP contribution in [0.1, 0.15) is 34.6 Å². The zero-order valence-corrected chi connectivity index (χ0v) is 7.54. The summed E-state index contributed by atoms with van der Waals surface area (Å²) in [5.74, 6) is -1.01. The second kappa shape index (κ2) is 3.56. The molecule has 1 aromatic rings. The van der Waals surface area contributed by atoms with E-state index in [4.69, 9.17) is 5.11 Å². The Bertz CT molecular complexity index is 332. The van der Waals surface area contributed by atoms with Crippen molar-refractivity contribution in [3.63, 3.8) is 0 Å². The maximum Gasteiger partial charge on any atom is 0.335 e. The van der Waals surface area contributed by atoms with Gasteiger partial charge in [-0.15, -0.1) is 0 Å². The number of hydrogen-bond acceptors (Lipinski definition) is 1. The van der Waals surface area contributed by atoms with Crippen molar-refractivity contribution in [1.29, 1.82) is 0 Å². The Hall–Kier alpha value is -1.38. The summed E-state index contributed by atoms with van der Waals surface area (Å²) >= 11 is 0. The van der Waals surface area contributed by atoms with Crippen LogP contribution >= 0.6 is 0 Å². The van der Waals surface area contributed by atoms with Crippen LogP contribution in [0.25, 0.3) is 0 Å². The number of carboxylic acids is 1. The molecule has 0 aliphatic rings. The highest BCUT2D eigenvalue weighted by molar-refractivity contribution is 5.89. The summed E-state index contributed by atoms with van der Waals surface area (Å²) in [5.41, 5.74) is 1.22. The molecule has 1 aromatic carbocycles. The molecule has 2 nitrogen and oxygen atoms in total. The summed E-state index contributed by atoms with van der Waals surface area (Å²) < 4.78 is 12.8. The van der Waals surface area contributed by atoms with Gasteiger partial charge >= 0.3 is 5.97 Å². The Balaban J connectivity index is 3.19. The number of carboxylic acid groups (broad SMARTS) is 1. The van der Waals surface area contributed by atoms with Crippen molar-refractivity contribution in [1.82, 2.24) is 0 Å². The number of rotatable bonds is 2. The highest BCUT2D eigenvalue weighted by Crippen LogP contribution is 2.19. The van der Waals surface area contributed by atoms with Crippen molar-refractivity contribution in [2.45, 2.75) is 20.0 Å². The summed E-state index contributed by atoms with van der Waals surface area (Å²) in [6.45, 7) is 3.08. The van der Waals surface area contributed by atoms with E-state index in [1.807, 2.05) is 0 Å². The van der Waals surface area contributed by atoms with Crippen molar-refractivity contribution in [2.75, 3.05) is 0 Å². The number of benzene rings is 1. The second-order valence-electron chi connectivity index (χ2n) is 3.00. The molecule has 1 unspecified atom stereocenters. The molecule has 1 N–H and O–H groups in total. The molecular weight excluding hydrogens is 171 g/mol. The van der Waals surface area contributed by atoms with E-state index in [1.165, 1.54) is 13.0 Å². The molecule has 0 aliphatic carbocycles. The first-order chi connectivity index (χ1) is 6.02. The largest absolute Gasteiger partial charge is 0.478 e. The molecule has 0 bridgehead atoms. The fourth-order valence-corrected chi connectivity index (χ4v) is 1.12. The minimum atomic E-state index is -1.13. The van der Waals surface area contributed by atoms with Crippen LogP contribution in [0.2, 0.25) is 0 Å². The van der Waals surface area contributed by atoms with Gasteiger partial charge in [0.2, 0.25) is 0 Å². The van der Waals surface area contributed by atoms with Gasteiger partial charge in [0, 0.05) is 0 Å². The molecule has 3 heteroatoms. The van der Waals surface area contributed by atoms with Crippen molar-refractivity contribution in [2.24, 2.45) is 0 Å². The molecule has 70 valence electrons. The number of carbonyl (C=O) groups is 1. The number of aryl methyl sites for hydroxylation is 1. The lowest BCUT2D eigenvalue weighted by Crippen LogP contribution is -2.01. The molecule has 1 atom stereocenters. The van der Waals surface area contributed by atoms with E-state index in [0.717, 1.165) is 0 Å². The van der Waals surface area contributed by atoms with Crippen molar-refractivity contribution >= 4 is 5.97 Å².